The van der Waals surface area contributed by atoms with Crippen LogP contribution in [0.1, 0.15) is 18.1 Å². The summed E-state index contributed by atoms with van der Waals surface area (Å²) in [5, 5.41) is 0. The molecule has 0 amide bonds. The highest BCUT2D eigenvalue weighted by Gasteiger charge is 2.31. The Morgan fingerprint density at radius 1 is 1.35 bits per heavy atom. The zero-order valence-corrected chi connectivity index (χ0v) is 12.5. The van der Waals surface area contributed by atoms with Crippen molar-refractivity contribution in [1.82, 2.24) is 4.72 Å². The van der Waals surface area contributed by atoms with Gasteiger partial charge in [0.25, 0.3) is 0 Å². The summed E-state index contributed by atoms with van der Waals surface area (Å²) in [5.41, 5.74) is 4.46. The predicted octanol–water partition coefficient (Wildman–Crippen LogP) is 2.06. The Labute approximate surface area is 122 Å². The van der Waals surface area contributed by atoms with Crippen molar-refractivity contribution in [1.29, 1.82) is 0 Å². The van der Waals surface area contributed by atoms with E-state index in [1.54, 1.807) is 6.92 Å². The summed E-state index contributed by atoms with van der Waals surface area (Å²) in [6.07, 6.45) is -4.50. The fourth-order valence-electron chi connectivity index (χ4n) is 1.50. The molecule has 0 spiro atoms. The fourth-order valence-corrected chi connectivity index (χ4v) is 2.99. The Balaban J connectivity index is 0.00000361. The van der Waals surface area contributed by atoms with Crippen molar-refractivity contribution in [3.8, 4) is 0 Å². The van der Waals surface area contributed by atoms with Gasteiger partial charge in [-0.15, -0.1) is 12.4 Å². The lowest BCUT2D eigenvalue weighted by atomic mass is 10.1. The molecule has 0 saturated heterocycles. The minimum atomic E-state index is -4.50. The molecule has 1 atom stereocenters. The van der Waals surface area contributed by atoms with E-state index in [-0.39, 0.29) is 29.4 Å². The molecule has 1 rings (SSSR count). The monoisotopic (exact) mass is 332 g/mol. The predicted molar refractivity (Wildman–Crippen MR) is 72.3 cm³/mol. The highest BCUT2D eigenvalue weighted by atomic mass is 35.5. The maximum absolute atomic E-state index is 12.5. The molecule has 0 aromatic heterocycles. The Bertz CT molecular complexity index is 561. The van der Waals surface area contributed by atoms with Crippen LogP contribution in [0.5, 0.6) is 0 Å². The topological polar surface area (TPSA) is 72.2 Å². The van der Waals surface area contributed by atoms with Crippen LogP contribution in [-0.2, 0) is 16.2 Å². The Kier molecular flexibility index (Phi) is 6.47. The third-order valence-corrected chi connectivity index (χ3v) is 4.25. The molecule has 0 aliphatic rings. The van der Waals surface area contributed by atoms with E-state index >= 15 is 0 Å². The standard InChI is InChI=1S/C11H15F3N2O2S.ClH/c1-7-5-9(11(12,13)14)3-4-10(7)19(17,18)16-8(2)6-15;/h3-5,8,16H,6,15H2,1-2H3;1H/t8-;/m0./s1. The van der Waals surface area contributed by atoms with E-state index < -0.39 is 27.8 Å². The van der Waals surface area contributed by atoms with Crippen molar-refractivity contribution >= 4 is 22.4 Å². The Hall–Kier alpha value is -0.830. The molecule has 1 aromatic carbocycles. The van der Waals surface area contributed by atoms with Gasteiger partial charge in [-0.2, -0.15) is 13.2 Å². The summed E-state index contributed by atoms with van der Waals surface area (Å²) < 4.78 is 63.6. The number of rotatable bonds is 4. The molecular formula is C11H16ClF3N2O2S. The summed E-state index contributed by atoms with van der Waals surface area (Å²) in [4.78, 5) is -0.180. The zero-order chi connectivity index (χ0) is 14.8. The molecule has 0 aliphatic heterocycles. The number of aryl methyl sites for hydroxylation is 1. The number of halogens is 4. The molecule has 0 unspecified atom stereocenters. The molecule has 0 fully saturated rings. The molecule has 0 radical (unpaired) electrons. The summed E-state index contributed by atoms with van der Waals surface area (Å²) >= 11 is 0. The number of hydrogen-bond donors (Lipinski definition) is 2. The highest BCUT2D eigenvalue weighted by Crippen LogP contribution is 2.31. The van der Waals surface area contributed by atoms with Gasteiger partial charge < -0.3 is 5.73 Å². The molecule has 20 heavy (non-hydrogen) atoms. The number of nitrogens with two attached hydrogens (primary N) is 1. The molecule has 9 heteroatoms. The molecule has 3 N–H and O–H groups in total. The van der Waals surface area contributed by atoms with E-state index in [0.29, 0.717) is 0 Å². The van der Waals surface area contributed by atoms with Crippen LogP contribution >= 0.6 is 12.4 Å². The van der Waals surface area contributed by atoms with Crippen LogP contribution < -0.4 is 10.5 Å². The van der Waals surface area contributed by atoms with Crippen molar-refractivity contribution in [2.45, 2.75) is 31.0 Å². The molecule has 0 heterocycles. The maximum atomic E-state index is 12.5. The number of sulfonamides is 1. The lowest BCUT2D eigenvalue weighted by molar-refractivity contribution is -0.137. The molecule has 0 bridgehead atoms. The van der Waals surface area contributed by atoms with Crippen molar-refractivity contribution in [3.05, 3.63) is 29.3 Å². The Morgan fingerprint density at radius 2 is 1.90 bits per heavy atom. The van der Waals surface area contributed by atoms with Crippen LogP contribution in [0.4, 0.5) is 13.2 Å². The van der Waals surface area contributed by atoms with E-state index in [1.165, 1.54) is 6.92 Å². The number of benzene rings is 1. The molecule has 0 saturated carbocycles. The lowest BCUT2D eigenvalue weighted by Crippen LogP contribution is -2.38. The van der Waals surface area contributed by atoms with Gasteiger partial charge in [0.15, 0.2) is 0 Å². The normalized spacial score (nSPS) is 13.7. The van der Waals surface area contributed by atoms with Crippen molar-refractivity contribution < 1.29 is 21.6 Å². The van der Waals surface area contributed by atoms with Gasteiger partial charge in [0.05, 0.1) is 10.5 Å². The second kappa shape index (κ2) is 6.75. The first-order chi connectivity index (χ1) is 8.58. The minimum Gasteiger partial charge on any atom is -0.329 e. The summed E-state index contributed by atoms with van der Waals surface area (Å²) in [5.74, 6) is 0. The highest BCUT2D eigenvalue weighted by molar-refractivity contribution is 7.89. The molecular weight excluding hydrogens is 317 g/mol. The second-order valence-corrected chi connectivity index (χ2v) is 5.92. The summed E-state index contributed by atoms with van der Waals surface area (Å²) in [6.45, 7) is 2.98. The fraction of sp³-hybridized carbons (Fsp3) is 0.455. The van der Waals surface area contributed by atoms with Crippen LogP contribution in [0.2, 0.25) is 0 Å². The average Bonchev–Trinajstić information content (AvgIpc) is 2.26. The largest absolute Gasteiger partial charge is 0.416 e. The van der Waals surface area contributed by atoms with Crippen molar-refractivity contribution in [3.63, 3.8) is 0 Å². The number of hydrogen-bond acceptors (Lipinski definition) is 3. The molecule has 4 nitrogen and oxygen atoms in total. The van der Waals surface area contributed by atoms with Gasteiger partial charge in [-0.3, -0.25) is 0 Å². The SMILES string of the molecule is Cc1cc(C(F)(F)F)ccc1S(=O)(=O)N[C@@H](C)CN.Cl. The number of nitrogens with one attached hydrogen (secondary N) is 1. The summed E-state index contributed by atoms with van der Waals surface area (Å²) in [7, 11) is -3.86. The zero-order valence-electron chi connectivity index (χ0n) is 10.9. The summed E-state index contributed by atoms with van der Waals surface area (Å²) in [6, 6.07) is 2.01. The van der Waals surface area contributed by atoms with E-state index in [0.717, 1.165) is 18.2 Å². The van der Waals surface area contributed by atoms with Gasteiger partial charge in [0.1, 0.15) is 0 Å². The second-order valence-electron chi connectivity index (χ2n) is 4.24. The first kappa shape index (κ1) is 19.2. The van der Waals surface area contributed by atoms with Gasteiger partial charge in [0.2, 0.25) is 10.0 Å². The van der Waals surface area contributed by atoms with E-state index in [4.69, 9.17) is 5.73 Å². The van der Waals surface area contributed by atoms with E-state index in [9.17, 15) is 21.6 Å². The maximum Gasteiger partial charge on any atom is 0.416 e. The van der Waals surface area contributed by atoms with Gasteiger partial charge >= 0.3 is 6.18 Å². The van der Waals surface area contributed by atoms with E-state index in [1.807, 2.05) is 0 Å². The first-order valence-electron chi connectivity index (χ1n) is 5.48. The average molecular weight is 333 g/mol. The van der Waals surface area contributed by atoms with Gasteiger partial charge in [0, 0.05) is 12.6 Å². The number of alkyl halides is 3. The van der Waals surface area contributed by atoms with Crippen LogP contribution in [0, 0.1) is 6.92 Å². The molecule has 116 valence electrons. The third-order valence-electron chi connectivity index (χ3n) is 2.50. The van der Waals surface area contributed by atoms with Crippen LogP contribution in [-0.4, -0.2) is 21.0 Å². The van der Waals surface area contributed by atoms with Gasteiger partial charge in [-0.05, 0) is 37.6 Å². The lowest BCUT2D eigenvalue weighted by Gasteiger charge is -2.15. The molecule has 0 aliphatic carbocycles. The van der Waals surface area contributed by atoms with Crippen LogP contribution in [0.3, 0.4) is 0 Å². The third kappa shape index (κ3) is 4.62. The van der Waals surface area contributed by atoms with Gasteiger partial charge in [-0.25, -0.2) is 13.1 Å². The van der Waals surface area contributed by atoms with Crippen LogP contribution in [0.15, 0.2) is 23.1 Å². The van der Waals surface area contributed by atoms with Crippen molar-refractivity contribution in [2.75, 3.05) is 6.54 Å². The van der Waals surface area contributed by atoms with Gasteiger partial charge in [-0.1, -0.05) is 0 Å². The quantitative estimate of drug-likeness (QED) is 0.886. The van der Waals surface area contributed by atoms with E-state index in [2.05, 4.69) is 4.72 Å². The van der Waals surface area contributed by atoms with Crippen LogP contribution in [0.25, 0.3) is 0 Å². The Morgan fingerprint density at radius 3 is 2.30 bits per heavy atom. The minimum absolute atomic E-state index is 0. The smallest absolute Gasteiger partial charge is 0.329 e. The van der Waals surface area contributed by atoms with Crippen molar-refractivity contribution in [2.24, 2.45) is 5.73 Å². The molecule has 1 aromatic rings. The first-order valence-corrected chi connectivity index (χ1v) is 6.96.